The van der Waals surface area contributed by atoms with Gasteiger partial charge in [-0.3, -0.25) is 19.7 Å². The molecule has 12 heteroatoms. The molecular weight excluding hydrogens is 610 g/mol. The Morgan fingerprint density at radius 2 is 1.92 bits per heavy atom. The lowest BCUT2D eigenvalue weighted by Crippen LogP contribution is -2.22. The number of aromatic nitrogens is 2. The van der Waals surface area contributed by atoms with Crippen molar-refractivity contribution >= 4 is 66.3 Å². The molecule has 0 fully saturated rings. The van der Waals surface area contributed by atoms with Crippen LogP contribution in [0.5, 0.6) is 5.75 Å². The summed E-state index contributed by atoms with van der Waals surface area (Å²) >= 11 is 6.60. The summed E-state index contributed by atoms with van der Waals surface area (Å²) in [4.78, 5) is 41.1. The van der Waals surface area contributed by atoms with E-state index in [1.807, 2.05) is 19.1 Å². The third-order valence-corrected chi connectivity index (χ3v) is 6.26. The maximum atomic E-state index is 13.1. The van der Waals surface area contributed by atoms with Crippen molar-refractivity contribution < 1.29 is 14.5 Å². The van der Waals surface area contributed by atoms with Crippen LogP contribution in [0.15, 0.2) is 73.4 Å². The maximum Gasteiger partial charge on any atom is 0.312 e. The standard InChI is InChI=1S/C25H19Br2N5O5/c1-14-5-3-4-6-20(14)30-23(33)13-37-24-16(9-18(27)11-22(24)32(35)36)12-28-31-15(2)29-21-8-7-17(26)10-19(21)25(31)34/h3-12H,13H2,1-2H3,(H,30,33). The lowest BCUT2D eigenvalue weighted by molar-refractivity contribution is -0.385. The second-order valence-corrected chi connectivity index (χ2v) is 9.77. The molecule has 0 atom stereocenters. The Hall–Kier alpha value is -3.90. The van der Waals surface area contributed by atoms with Gasteiger partial charge in [-0.15, -0.1) is 0 Å². The molecule has 0 saturated carbocycles. The van der Waals surface area contributed by atoms with Gasteiger partial charge in [-0.1, -0.05) is 50.1 Å². The number of nitro groups is 1. The Morgan fingerprint density at radius 3 is 2.65 bits per heavy atom. The van der Waals surface area contributed by atoms with E-state index in [0.717, 1.165) is 10.2 Å². The molecule has 0 bridgehead atoms. The van der Waals surface area contributed by atoms with Crippen molar-refractivity contribution in [2.45, 2.75) is 13.8 Å². The first-order valence-electron chi connectivity index (χ1n) is 10.8. The summed E-state index contributed by atoms with van der Waals surface area (Å²) in [6, 6.07) is 15.1. The summed E-state index contributed by atoms with van der Waals surface area (Å²) in [5.41, 5.74) is 1.38. The van der Waals surface area contributed by atoms with E-state index in [1.54, 1.807) is 37.3 Å². The van der Waals surface area contributed by atoms with E-state index in [0.29, 0.717) is 31.4 Å². The third kappa shape index (κ3) is 5.92. The zero-order valence-corrected chi connectivity index (χ0v) is 22.7. The van der Waals surface area contributed by atoms with Gasteiger partial charge in [0.05, 0.1) is 22.0 Å². The van der Waals surface area contributed by atoms with Crippen molar-refractivity contribution in [3.8, 4) is 5.75 Å². The molecule has 37 heavy (non-hydrogen) atoms. The molecule has 0 spiro atoms. The number of nitrogens with zero attached hydrogens (tertiary/aromatic N) is 4. The molecule has 4 rings (SSSR count). The molecular formula is C25H19Br2N5O5. The van der Waals surface area contributed by atoms with E-state index in [1.165, 1.54) is 18.3 Å². The molecule has 188 valence electrons. The lowest BCUT2D eigenvalue weighted by Gasteiger charge is -2.12. The molecule has 0 unspecified atom stereocenters. The van der Waals surface area contributed by atoms with E-state index in [2.05, 4.69) is 47.3 Å². The van der Waals surface area contributed by atoms with Crippen molar-refractivity contribution in [3.05, 3.63) is 101 Å². The second-order valence-electron chi connectivity index (χ2n) is 7.93. The molecule has 1 heterocycles. The third-order valence-electron chi connectivity index (χ3n) is 5.31. The van der Waals surface area contributed by atoms with Gasteiger partial charge in [-0.05, 0) is 49.7 Å². The van der Waals surface area contributed by atoms with Crippen molar-refractivity contribution in [2.24, 2.45) is 5.10 Å². The average Bonchev–Trinajstić information content (AvgIpc) is 2.84. The fourth-order valence-corrected chi connectivity index (χ4v) is 4.37. The molecule has 3 aromatic carbocycles. The zero-order valence-electron chi connectivity index (χ0n) is 19.6. The molecule has 0 saturated heterocycles. The molecule has 0 aliphatic carbocycles. The van der Waals surface area contributed by atoms with Gasteiger partial charge in [0.25, 0.3) is 11.5 Å². The number of hydrogen-bond acceptors (Lipinski definition) is 7. The molecule has 0 radical (unpaired) electrons. The minimum absolute atomic E-state index is 0.168. The first-order chi connectivity index (χ1) is 17.6. The van der Waals surface area contributed by atoms with Crippen LogP contribution >= 0.6 is 31.9 Å². The topological polar surface area (TPSA) is 129 Å². The van der Waals surface area contributed by atoms with Crippen molar-refractivity contribution in [1.82, 2.24) is 9.66 Å². The van der Waals surface area contributed by atoms with E-state index in [4.69, 9.17) is 4.74 Å². The number of amides is 1. The van der Waals surface area contributed by atoms with E-state index in [-0.39, 0.29) is 17.0 Å². The van der Waals surface area contributed by atoms with Gasteiger partial charge in [0.15, 0.2) is 6.61 Å². The van der Waals surface area contributed by atoms with Gasteiger partial charge in [0.2, 0.25) is 5.75 Å². The van der Waals surface area contributed by atoms with Crippen LogP contribution in [0.4, 0.5) is 11.4 Å². The number of nitro benzene ring substituents is 1. The minimum Gasteiger partial charge on any atom is -0.476 e. The number of benzene rings is 3. The van der Waals surface area contributed by atoms with Crippen LogP contribution in [0.3, 0.4) is 0 Å². The van der Waals surface area contributed by atoms with Crippen LogP contribution in [0.1, 0.15) is 17.0 Å². The van der Waals surface area contributed by atoms with Crippen molar-refractivity contribution in [1.29, 1.82) is 0 Å². The second kappa shape index (κ2) is 11.0. The molecule has 1 N–H and O–H groups in total. The van der Waals surface area contributed by atoms with Crippen LogP contribution in [-0.4, -0.2) is 33.3 Å². The van der Waals surface area contributed by atoms with Gasteiger partial charge in [-0.2, -0.15) is 9.78 Å². The number of anilines is 1. The maximum absolute atomic E-state index is 13.1. The highest BCUT2D eigenvalue weighted by Gasteiger charge is 2.22. The highest BCUT2D eigenvalue weighted by molar-refractivity contribution is 9.10. The molecule has 1 amide bonds. The quantitative estimate of drug-likeness (QED) is 0.167. The molecule has 10 nitrogen and oxygen atoms in total. The number of carbonyl (C=O) groups excluding carboxylic acids is 1. The summed E-state index contributed by atoms with van der Waals surface area (Å²) in [5, 5.41) is 19.1. The summed E-state index contributed by atoms with van der Waals surface area (Å²) < 4.78 is 7.81. The van der Waals surface area contributed by atoms with Crippen LogP contribution in [0.25, 0.3) is 10.9 Å². The number of ether oxygens (including phenoxy) is 1. The van der Waals surface area contributed by atoms with Gasteiger partial charge >= 0.3 is 5.69 Å². The van der Waals surface area contributed by atoms with E-state index in [9.17, 15) is 19.7 Å². The Kier molecular flexibility index (Phi) is 7.79. The van der Waals surface area contributed by atoms with Crippen LogP contribution in [0.2, 0.25) is 0 Å². The lowest BCUT2D eigenvalue weighted by atomic mass is 10.2. The molecule has 1 aromatic heterocycles. The Labute approximate surface area is 227 Å². The largest absolute Gasteiger partial charge is 0.476 e. The van der Waals surface area contributed by atoms with Gasteiger partial charge in [0, 0.05) is 26.3 Å². The first-order valence-corrected chi connectivity index (χ1v) is 12.4. The number of halogens is 2. The number of fused-ring (bicyclic) bond motifs is 1. The Morgan fingerprint density at radius 1 is 1.16 bits per heavy atom. The zero-order chi connectivity index (χ0) is 26.7. The number of carbonyl (C=O) groups is 1. The van der Waals surface area contributed by atoms with Gasteiger partial charge in [0.1, 0.15) is 5.82 Å². The molecule has 0 aliphatic heterocycles. The highest BCUT2D eigenvalue weighted by atomic mass is 79.9. The monoisotopic (exact) mass is 627 g/mol. The van der Waals surface area contributed by atoms with Crippen molar-refractivity contribution in [2.75, 3.05) is 11.9 Å². The smallest absolute Gasteiger partial charge is 0.312 e. The number of aryl methyl sites for hydroxylation is 2. The predicted molar refractivity (Wildman–Crippen MR) is 148 cm³/mol. The number of hydrogen-bond donors (Lipinski definition) is 1. The van der Waals surface area contributed by atoms with E-state index >= 15 is 0 Å². The van der Waals surface area contributed by atoms with Crippen LogP contribution in [0, 0.1) is 24.0 Å². The SMILES string of the molecule is Cc1ccccc1NC(=O)COc1c(C=Nn2c(C)nc3ccc(Br)cc3c2=O)cc(Br)cc1[N+](=O)[O-]. The minimum atomic E-state index is -0.622. The summed E-state index contributed by atoms with van der Waals surface area (Å²) in [7, 11) is 0. The van der Waals surface area contributed by atoms with Gasteiger partial charge in [-0.25, -0.2) is 4.98 Å². The number of nitrogens with one attached hydrogen (secondary N) is 1. The fraction of sp³-hybridized carbons (Fsp3) is 0.120. The normalized spacial score (nSPS) is 11.1. The van der Waals surface area contributed by atoms with Crippen LogP contribution < -0.4 is 15.6 Å². The molecule has 0 aliphatic rings. The Balaban J connectivity index is 1.69. The Bertz CT molecular complexity index is 1630. The van der Waals surface area contributed by atoms with Gasteiger partial charge < -0.3 is 10.1 Å². The van der Waals surface area contributed by atoms with E-state index < -0.39 is 23.0 Å². The molecule has 4 aromatic rings. The highest BCUT2D eigenvalue weighted by Crippen LogP contribution is 2.34. The summed E-state index contributed by atoms with van der Waals surface area (Å²) in [6.45, 7) is 2.98. The summed E-state index contributed by atoms with van der Waals surface area (Å²) in [6.07, 6.45) is 1.26. The number of para-hydroxylation sites is 1. The van der Waals surface area contributed by atoms with Crippen LogP contribution in [-0.2, 0) is 4.79 Å². The van der Waals surface area contributed by atoms with Crippen molar-refractivity contribution in [3.63, 3.8) is 0 Å². The number of rotatable bonds is 7. The predicted octanol–water partition coefficient (Wildman–Crippen LogP) is 5.35. The summed E-state index contributed by atoms with van der Waals surface area (Å²) in [5.74, 6) is -0.342. The average molecular weight is 629 g/mol. The first kappa shape index (κ1) is 26.2. The fourth-order valence-electron chi connectivity index (χ4n) is 3.54.